The third-order valence-corrected chi connectivity index (χ3v) is 1.83. The first-order chi connectivity index (χ1) is 3.98. The largest absolute Gasteiger partial charge is 0.328 e. The highest BCUT2D eigenvalue weighted by Crippen LogP contribution is 2.24. The van der Waals surface area contributed by atoms with E-state index in [4.69, 9.17) is 5.73 Å². The quantitative estimate of drug-likeness (QED) is 0.621. The fourth-order valence-corrected chi connectivity index (χ4v) is 1.02. The van der Waals surface area contributed by atoms with E-state index in [0.717, 1.165) is 6.42 Å². The van der Waals surface area contributed by atoms with E-state index in [0.29, 0.717) is 11.5 Å². The maximum Gasteiger partial charge on any atom is 0.00155 e. The van der Waals surface area contributed by atoms with Crippen molar-refractivity contribution in [3.05, 3.63) is 0 Å². The van der Waals surface area contributed by atoms with Crippen LogP contribution < -0.4 is 5.73 Å². The van der Waals surface area contributed by atoms with Gasteiger partial charge in [0.05, 0.1) is 0 Å². The lowest BCUT2D eigenvalue weighted by Crippen LogP contribution is -2.24. The smallest absolute Gasteiger partial charge is 0.00155 e. The third-order valence-electron chi connectivity index (χ3n) is 1.83. The van der Waals surface area contributed by atoms with E-state index in [1.165, 1.54) is 6.42 Å². The molecule has 0 rings (SSSR count). The minimum Gasteiger partial charge on any atom is -0.328 e. The van der Waals surface area contributed by atoms with Gasteiger partial charge in [0.2, 0.25) is 0 Å². The molecule has 56 valence electrons. The van der Waals surface area contributed by atoms with Crippen LogP contribution in [-0.2, 0) is 0 Å². The van der Waals surface area contributed by atoms with Crippen molar-refractivity contribution >= 4 is 0 Å². The minimum atomic E-state index is 0.347. The average Bonchev–Trinajstić information content (AvgIpc) is 1.63. The van der Waals surface area contributed by atoms with E-state index < -0.39 is 0 Å². The highest BCUT2D eigenvalue weighted by atomic mass is 14.6. The van der Waals surface area contributed by atoms with Crippen LogP contribution in [0.3, 0.4) is 0 Å². The molecule has 0 aromatic heterocycles. The van der Waals surface area contributed by atoms with Crippen molar-refractivity contribution in [2.24, 2.45) is 11.1 Å². The first-order valence-corrected chi connectivity index (χ1v) is 3.73. The molecule has 0 saturated carbocycles. The molecule has 0 radical (unpaired) electrons. The molecule has 0 aliphatic carbocycles. The molecule has 0 aliphatic heterocycles. The standard InChI is InChI=1S/C8H19N/c1-5-8(3,4)6-7(2)9/h7H,5-6,9H2,1-4H3/t7-/m0/s1. The fourth-order valence-electron chi connectivity index (χ4n) is 1.02. The van der Waals surface area contributed by atoms with Gasteiger partial charge in [-0.1, -0.05) is 27.2 Å². The van der Waals surface area contributed by atoms with Gasteiger partial charge in [0, 0.05) is 6.04 Å². The number of rotatable bonds is 3. The summed E-state index contributed by atoms with van der Waals surface area (Å²) in [5.41, 5.74) is 6.09. The Labute approximate surface area is 58.6 Å². The van der Waals surface area contributed by atoms with E-state index in [-0.39, 0.29) is 0 Å². The van der Waals surface area contributed by atoms with Gasteiger partial charge < -0.3 is 5.73 Å². The Morgan fingerprint density at radius 2 is 1.89 bits per heavy atom. The second kappa shape index (κ2) is 3.21. The summed E-state index contributed by atoms with van der Waals surface area (Å²) in [6, 6.07) is 0.347. The maximum absolute atomic E-state index is 5.65. The predicted octanol–water partition coefficient (Wildman–Crippen LogP) is 2.16. The lowest BCUT2D eigenvalue weighted by molar-refractivity contribution is 0.300. The fraction of sp³-hybridized carbons (Fsp3) is 1.00. The Balaban J connectivity index is 3.58. The van der Waals surface area contributed by atoms with Crippen LogP contribution in [0.15, 0.2) is 0 Å². The van der Waals surface area contributed by atoms with Gasteiger partial charge >= 0.3 is 0 Å². The van der Waals surface area contributed by atoms with Gasteiger partial charge in [-0.05, 0) is 18.8 Å². The zero-order valence-corrected chi connectivity index (χ0v) is 7.07. The monoisotopic (exact) mass is 129 g/mol. The Hall–Kier alpha value is -0.0400. The molecule has 0 fully saturated rings. The Morgan fingerprint density at radius 1 is 1.44 bits per heavy atom. The molecular weight excluding hydrogens is 110 g/mol. The first-order valence-electron chi connectivity index (χ1n) is 3.73. The average molecular weight is 129 g/mol. The van der Waals surface area contributed by atoms with Crippen molar-refractivity contribution in [1.29, 1.82) is 0 Å². The van der Waals surface area contributed by atoms with Gasteiger partial charge in [-0.15, -0.1) is 0 Å². The van der Waals surface area contributed by atoms with Crippen LogP contribution >= 0.6 is 0 Å². The van der Waals surface area contributed by atoms with Crippen molar-refractivity contribution in [3.8, 4) is 0 Å². The molecule has 0 bridgehead atoms. The summed E-state index contributed by atoms with van der Waals surface area (Å²) in [6.07, 6.45) is 2.35. The zero-order valence-electron chi connectivity index (χ0n) is 7.07. The third kappa shape index (κ3) is 4.46. The molecule has 0 heterocycles. The molecule has 1 atom stereocenters. The number of hydrogen-bond donors (Lipinski definition) is 1. The Kier molecular flexibility index (Phi) is 3.20. The van der Waals surface area contributed by atoms with E-state index in [1.807, 2.05) is 0 Å². The van der Waals surface area contributed by atoms with Crippen molar-refractivity contribution in [2.75, 3.05) is 0 Å². The van der Waals surface area contributed by atoms with Crippen LogP contribution in [0, 0.1) is 5.41 Å². The van der Waals surface area contributed by atoms with E-state index in [1.54, 1.807) is 0 Å². The highest BCUT2D eigenvalue weighted by molar-refractivity contribution is 4.70. The van der Waals surface area contributed by atoms with Gasteiger partial charge in [-0.25, -0.2) is 0 Å². The summed E-state index contributed by atoms with van der Waals surface area (Å²) in [7, 11) is 0. The van der Waals surface area contributed by atoms with Crippen molar-refractivity contribution < 1.29 is 0 Å². The van der Waals surface area contributed by atoms with Crippen LogP contribution in [0.2, 0.25) is 0 Å². The van der Waals surface area contributed by atoms with E-state index in [9.17, 15) is 0 Å². The van der Waals surface area contributed by atoms with E-state index >= 15 is 0 Å². The normalized spacial score (nSPS) is 15.7. The molecule has 1 heteroatoms. The van der Waals surface area contributed by atoms with Crippen LogP contribution in [0.1, 0.15) is 40.5 Å². The van der Waals surface area contributed by atoms with Gasteiger partial charge in [0.1, 0.15) is 0 Å². The van der Waals surface area contributed by atoms with Gasteiger partial charge in [-0.2, -0.15) is 0 Å². The Morgan fingerprint density at radius 3 is 2.00 bits per heavy atom. The van der Waals surface area contributed by atoms with Gasteiger partial charge in [0.15, 0.2) is 0 Å². The molecule has 9 heavy (non-hydrogen) atoms. The van der Waals surface area contributed by atoms with Crippen LogP contribution in [0.25, 0.3) is 0 Å². The van der Waals surface area contributed by atoms with Gasteiger partial charge in [0.25, 0.3) is 0 Å². The zero-order chi connectivity index (χ0) is 7.49. The summed E-state index contributed by atoms with van der Waals surface area (Å²) in [4.78, 5) is 0. The summed E-state index contributed by atoms with van der Waals surface area (Å²) >= 11 is 0. The van der Waals surface area contributed by atoms with Crippen LogP contribution in [0.4, 0.5) is 0 Å². The maximum atomic E-state index is 5.65. The molecule has 0 unspecified atom stereocenters. The summed E-state index contributed by atoms with van der Waals surface area (Å²) in [6.45, 7) is 8.80. The molecular formula is C8H19N. The second-order valence-corrected chi connectivity index (χ2v) is 3.70. The number of nitrogens with two attached hydrogens (primary N) is 1. The molecule has 0 saturated heterocycles. The molecule has 0 amide bonds. The predicted molar refractivity (Wildman–Crippen MR) is 42.3 cm³/mol. The Bertz CT molecular complexity index is 74.6. The SMILES string of the molecule is CCC(C)(C)C[C@H](C)N. The molecule has 2 N–H and O–H groups in total. The second-order valence-electron chi connectivity index (χ2n) is 3.70. The molecule has 1 nitrogen and oxygen atoms in total. The van der Waals surface area contributed by atoms with Crippen LogP contribution in [0.5, 0.6) is 0 Å². The molecule has 0 aromatic rings. The van der Waals surface area contributed by atoms with Crippen molar-refractivity contribution in [1.82, 2.24) is 0 Å². The van der Waals surface area contributed by atoms with Crippen molar-refractivity contribution in [3.63, 3.8) is 0 Å². The number of hydrogen-bond acceptors (Lipinski definition) is 1. The summed E-state index contributed by atoms with van der Waals surface area (Å²) in [5, 5.41) is 0. The lowest BCUT2D eigenvalue weighted by atomic mass is 9.84. The first kappa shape index (κ1) is 8.96. The minimum absolute atomic E-state index is 0.347. The molecule has 0 aliphatic rings. The topological polar surface area (TPSA) is 26.0 Å². The summed E-state index contributed by atoms with van der Waals surface area (Å²) < 4.78 is 0. The lowest BCUT2D eigenvalue weighted by Gasteiger charge is -2.24. The van der Waals surface area contributed by atoms with Crippen LogP contribution in [-0.4, -0.2) is 6.04 Å². The molecule has 0 aromatic carbocycles. The van der Waals surface area contributed by atoms with Crippen molar-refractivity contribution in [2.45, 2.75) is 46.6 Å². The van der Waals surface area contributed by atoms with Gasteiger partial charge in [-0.3, -0.25) is 0 Å². The summed E-state index contributed by atoms with van der Waals surface area (Å²) in [5.74, 6) is 0. The highest BCUT2D eigenvalue weighted by Gasteiger charge is 2.16. The van der Waals surface area contributed by atoms with E-state index in [2.05, 4.69) is 27.7 Å². The molecule has 0 spiro atoms.